The van der Waals surface area contributed by atoms with Crippen molar-refractivity contribution in [2.45, 2.75) is 76.9 Å². The van der Waals surface area contributed by atoms with E-state index in [2.05, 4.69) is 43.0 Å². The first kappa shape index (κ1) is 43.6. The van der Waals surface area contributed by atoms with Gasteiger partial charge in [0.15, 0.2) is 29.3 Å². The first-order valence-electron chi connectivity index (χ1n) is 18.9. The minimum atomic E-state index is -2.27. The molecular weight excluding hydrogens is 772 g/mol. The predicted molar refractivity (Wildman–Crippen MR) is 216 cm³/mol. The second-order valence-electron chi connectivity index (χ2n) is 14.5. The van der Waals surface area contributed by atoms with Crippen LogP contribution in [0.4, 0.5) is 8.78 Å². The van der Waals surface area contributed by atoms with Crippen molar-refractivity contribution in [3.8, 4) is 11.1 Å². The van der Waals surface area contributed by atoms with E-state index in [9.17, 15) is 28.0 Å². The van der Waals surface area contributed by atoms with Crippen LogP contribution in [0, 0.1) is 11.6 Å². The molecule has 6 rings (SSSR count). The van der Waals surface area contributed by atoms with Gasteiger partial charge in [0, 0.05) is 53.9 Å². The Morgan fingerprint density at radius 2 is 1.40 bits per heavy atom. The highest BCUT2D eigenvalue weighted by atomic mass is 35.5. The number of aliphatic hydroxyl groups is 2. The molecule has 1 aliphatic heterocycles. The Bertz CT molecular complexity index is 2260. The average Bonchev–Trinajstić information content (AvgIpc) is 3.21. The highest BCUT2D eigenvalue weighted by molar-refractivity contribution is 6.30. The Labute approximate surface area is 339 Å². The van der Waals surface area contributed by atoms with Crippen LogP contribution in [-0.2, 0) is 40.3 Å². The van der Waals surface area contributed by atoms with Gasteiger partial charge in [-0.2, -0.15) is 0 Å². The van der Waals surface area contributed by atoms with Crippen LogP contribution in [0.25, 0.3) is 22.0 Å². The number of aryl methyl sites for hydroxylation is 2. The Morgan fingerprint density at radius 3 is 1.98 bits per heavy atom. The Morgan fingerprint density at radius 1 is 0.810 bits per heavy atom. The number of aromatic nitrogens is 1. The summed E-state index contributed by atoms with van der Waals surface area (Å²) >= 11 is 6.09. The van der Waals surface area contributed by atoms with Crippen molar-refractivity contribution in [1.29, 1.82) is 0 Å². The number of carbonyl (C=O) groups is 3. The van der Waals surface area contributed by atoms with Crippen molar-refractivity contribution in [2.24, 2.45) is 0 Å². The number of rotatable bonds is 13. The number of halogens is 3. The molecule has 0 spiro atoms. The zero-order valence-electron chi connectivity index (χ0n) is 32.1. The maximum atomic E-state index is 14.6. The molecule has 4 aromatic carbocycles. The molecule has 11 nitrogen and oxygen atoms in total. The summed E-state index contributed by atoms with van der Waals surface area (Å²) in [6, 6.07) is 29.4. The second kappa shape index (κ2) is 19.8. The molecule has 4 N–H and O–H groups in total. The zero-order chi connectivity index (χ0) is 42.1. The number of para-hydroxylation sites is 1. The molecule has 1 saturated heterocycles. The fourth-order valence-corrected chi connectivity index (χ4v) is 7.18. The molecule has 2 unspecified atom stereocenters. The van der Waals surface area contributed by atoms with Gasteiger partial charge in [0.1, 0.15) is 6.54 Å². The van der Waals surface area contributed by atoms with Crippen LogP contribution in [-0.4, -0.2) is 90.0 Å². The summed E-state index contributed by atoms with van der Waals surface area (Å²) < 4.78 is 30.4. The minimum Gasteiger partial charge on any atom is -0.479 e. The zero-order valence-corrected chi connectivity index (χ0v) is 32.9. The number of hydrogen-bond acceptors (Lipinski definition) is 7. The van der Waals surface area contributed by atoms with Crippen molar-refractivity contribution in [3.63, 3.8) is 0 Å². The summed E-state index contributed by atoms with van der Waals surface area (Å²) in [5, 5.41) is 33.7. The molecule has 1 amide bonds. The Balaban J connectivity index is 0.000000567. The lowest BCUT2D eigenvalue weighted by molar-refractivity contribution is -0.165. The molecule has 5 aromatic rings. The van der Waals surface area contributed by atoms with Gasteiger partial charge in [-0.3, -0.25) is 9.59 Å². The van der Waals surface area contributed by atoms with Crippen LogP contribution in [0.15, 0.2) is 102 Å². The van der Waals surface area contributed by atoms with Crippen molar-refractivity contribution in [1.82, 2.24) is 14.4 Å². The maximum absolute atomic E-state index is 14.6. The number of hydrogen-bond donors (Lipinski definition) is 4. The molecule has 1 aliphatic rings. The van der Waals surface area contributed by atoms with E-state index in [0.717, 1.165) is 48.7 Å². The highest BCUT2D eigenvalue weighted by Gasteiger charge is 2.30. The lowest BCUT2D eigenvalue weighted by Gasteiger charge is -2.40. The fraction of sp³-hybridized carbons (Fsp3) is 0.318. The van der Waals surface area contributed by atoms with Gasteiger partial charge >= 0.3 is 11.9 Å². The second-order valence-corrected chi connectivity index (χ2v) is 14.9. The summed E-state index contributed by atoms with van der Waals surface area (Å²) in [6.07, 6.45) is -2.35. The van der Waals surface area contributed by atoms with Crippen LogP contribution in [0.5, 0.6) is 0 Å². The van der Waals surface area contributed by atoms with Crippen LogP contribution >= 0.6 is 11.6 Å². The monoisotopic (exact) mass is 817 g/mol. The number of nitrogens with zero attached hydrogens (tertiary/aromatic N) is 3. The van der Waals surface area contributed by atoms with Crippen molar-refractivity contribution < 1.29 is 43.6 Å². The van der Waals surface area contributed by atoms with Gasteiger partial charge in [-0.25, -0.2) is 18.4 Å². The van der Waals surface area contributed by atoms with Crippen molar-refractivity contribution >= 4 is 40.3 Å². The Kier molecular flexibility index (Phi) is 14.9. The quantitative estimate of drug-likeness (QED) is 0.109. The van der Waals surface area contributed by atoms with E-state index >= 15 is 0 Å². The third-order valence-corrected chi connectivity index (χ3v) is 10.6. The highest BCUT2D eigenvalue weighted by Crippen LogP contribution is 2.26. The smallest absolute Gasteiger partial charge is 0.335 e. The first-order chi connectivity index (χ1) is 27.6. The SMILES string of the molecule is CC(C)N1CCC(N(Cc2ccc(-c3ccc(Cl)cc3)cc2)C(=O)Cn2c(CCc3cccc(F)c3F)cc(=O)c3ccccc32)CC1.O=C(O)C(O)C(O)C(=O)O. The average molecular weight is 818 g/mol. The lowest BCUT2D eigenvalue weighted by atomic mass is 9.99. The predicted octanol–water partition coefficient (Wildman–Crippen LogP) is 6.16. The lowest BCUT2D eigenvalue weighted by Crippen LogP contribution is -2.49. The molecule has 0 aliphatic carbocycles. The number of piperidine rings is 1. The van der Waals surface area contributed by atoms with Gasteiger partial charge in [-0.05, 0) is 92.1 Å². The van der Waals surface area contributed by atoms with Gasteiger partial charge in [0.2, 0.25) is 5.91 Å². The molecule has 58 heavy (non-hydrogen) atoms. The number of aliphatic hydroxyl groups excluding tert-OH is 2. The topological polar surface area (TPSA) is 161 Å². The Hall–Kier alpha value is -5.47. The molecular formula is C44H46ClF2N3O8. The summed E-state index contributed by atoms with van der Waals surface area (Å²) in [5.41, 5.74) is 4.48. The molecule has 0 saturated carbocycles. The molecule has 14 heteroatoms. The first-order valence-corrected chi connectivity index (χ1v) is 19.3. The number of likely N-dealkylation sites (tertiary alicyclic amines) is 1. The largest absolute Gasteiger partial charge is 0.479 e. The summed E-state index contributed by atoms with van der Waals surface area (Å²) in [5.74, 6) is -5.38. The third-order valence-electron chi connectivity index (χ3n) is 10.4. The fourth-order valence-electron chi connectivity index (χ4n) is 7.05. The molecule has 1 aromatic heterocycles. The molecule has 2 heterocycles. The number of carboxylic acids is 2. The van der Waals surface area contributed by atoms with Crippen LogP contribution in [0.1, 0.15) is 43.5 Å². The number of aliphatic carboxylic acids is 2. The van der Waals surface area contributed by atoms with Gasteiger partial charge in [0.25, 0.3) is 0 Å². The standard InChI is InChI=1S/C40H40ClF2N3O2.C4H6O6/c1-27(2)44-22-20-33(21-23-44)46(25-28-10-12-29(13-11-28)30-14-17-32(41)18-15-30)39(48)26-45-34(19-16-31-6-5-8-36(42)40(31)43)24-38(47)35-7-3-4-9-37(35)45;5-1(3(7)8)2(6)4(9)10/h3-15,17-18,24,27,33H,16,19-23,25-26H2,1-2H3;1-2,5-6H,(H,7,8)(H,9,10). The van der Waals surface area contributed by atoms with Crippen LogP contribution in [0.3, 0.4) is 0 Å². The van der Waals surface area contributed by atoms with Gasteiger partial charge in [0.05, 0.1) is 5.52 Å². The number of benzene rings is 4. The van der Waals surface area contributed by atoms with Gasteiger partial charge < -0.3 is 34.8 Å². The van der Waals surface area contributed by atoms with Crippen molar-refractivity contribution in [2.75, 3.05) is 13.1 Å². The molecule has 2 atom stereocenters. The molecule has 306 valence electrons. The number of amides is 1. The third kappa shape index (κ3) is 10.9. The summed E-state index contributed by atoms with van der Waals surface area (Å²) in [6.45, 7) is 6.69. The van der Waals surface area contributed by atoms with E-state index in [0.29, 0.717) is 34.2 Å². The maximum Gasteiger partial charge on any atom is 0.335 e. The number of carbonyl (C=O) groups excluding carboxylic acids is 1. The van der Waals surface area contributed by atoms with E-state index in [1.165, 1.54) is 12.1 Å². The number of fused-ring (bicyclic) bond motifs is 1. The molecule has 0 bridgehead atoms. The van der Waals surface area contributed by atoms with E-state index in [1.807, 2.05) is 45.9 Å². The normalized spacial score (nSPS) is 14.4. The summed E-state index contributed by atoms with van der Waals surface area (Å²) in [7, 11) is 0. The van der Waals surface area contributed by atoms with Crippen molar-refractivity contribution in [3.05, 3.63) is 141 Å². The minimum absolute atomic E-state index is 0.0228. The summed E-state index contributed by atoms with van der Waals surface area (Å²) in [4.78, 5) is 51.7. The van der Waals surface area contributed by atoms with E-state index < -0.39 is 35.8 Å². The molecule has 1 fully saturated rings. The van der Waals surface area contributed by atoms with Crippen LogP contribution in [0.2, 0.25) is 5.02 Å². The number of carboxylic acid groups (broad SMARTS) is 2. The molecule has 0 radical (unpaired) electrons. The van der Waals surface area contributed by atoms with Crippen LogP contribution < -0.4 is 5.43 Å². The van der Waals surface area contributed by atoms with E-state index in [4.69, 9.17) is 32.0 Å². The number of pyridine rings is 1. The van der Waals surface area contributed by atoms with Gasteiger partial charge in [-0.1, -0.05) is 72.3 Å². The van der Waals surface area contributed by atoms with Gasteiger partial charge in [-0.15, -0.1) is 0 Å². The van der Waals surface area contributed by atoms with E-state index in [-0.39, 0.29) is 42.3 Å². The van der Waals surface area contributed by atoms with E-state index in [1.54, 1.807) is 18.2 Å².